The minimum Gasteiger partial charge on any atom is -0.395 e. The van der Waals surface area contributed by atoms with Crippen LogP contribution in [0.25, 0.3) is 0 Å². The Morgan fingerprint density at radius 2 is 2.16 bits per heavy atom. The summed E-state index contributed by atoms with van der Waals surface area (Å²) in [5, 5.41) is 4.77. The van der Waals surface area contributed by atoms with Gasteiger partial charge >= 0.3 is 6.29 Å². The minimum atomic E-state index is -3.66. The lowest BCUT2D eigenvalue weighted by molar-refractivity contribution is -0.286. The normalized spacial score (nSPS) is 21.4. The Labute approximate surface area is 147 Å². The average molecular weight is 366 g/mol. The number of nitrogens with one attached hydrogen (secondary N) is 1. The van der Waals surface area contributed by atoms with Crippen LogP contribution in [0.1, 0.15) is 23.8 Å². The third kappa shape index (κ3) is 3.45. The molecule has 0 saturated carbocycles. The number of anilines is 1. The number of likely N-dealkylation sites (tertiary alicyclic amines) is 1. The van der Waals surface area contributed by atoms with E-state index >= 15 is 0 Å². The first kappa shape index (κ1) is 16.3. The Bertz CT molecular complexity index is 782. The molecule has 1 fully saturated rings. The lowest BCUT2D eigenvalue weighted by Crippen LogP contribution is -2.32. The molecule has 1 aromatic heterocycles. The number of fused-ring (bicyclic) bond motifs is 1. The number of rotatable bonds is 4. The smallest absolute Gasteiger partial charge is 0.395 e. The summed E-state index contributed by atoms with van der Waals surface area (Å²) < 4.78 is 34.8. The number of nitrogens with zero attached hydrogens (tertiary/aromatic N) is 1. The predicted octanol–water partition coefficient (Wildman–Crippen LogP) is 3.85. The largest absolute Gasteiger partial charge is 0.586 e. The monoisotopic (exact) mass is 366 g/mol. The summed E-state index contributed by atoms with van der Waals surface area (Å²) in [5.41, 5.74) is 0.400. The van der Waals surface area contributed by atoms with Crippen molar-refractivity contribution in [3.8, 4) is 11.5 Å². The number of thiophene rings is 1. The first-order valence-corrected chi connectivity index (χ1v) is 8.85. The summed E-state index contributed by atoms with van der Waals surface area (Å²) in [6.45, 7) is 1.12. The maximum absolute atomic E-state index is 13.0. The van der Waals surface area contributed by atoms with Crippen molar-refractivity contribution in [3.63, 3.8) is 0 Å². The topological polar surface area (TPSA) is 50.8 Å². The number of ether oxygens (including phenoxy) is 2. The van der Waals surface area contributed by atoms with Gasteiger partial charge in [-0.2, -0.15) is 0 Å². The second-order valence-corrected chi connectivity index (χ2v) is 7.00. The molecule has 0 unspecified atom stereocenters. The maximum Gasteiger partial charge on any atom is 0.586 e. The highest BCUT2D eigenvalue weighted by atomic mass is 32.1. The lowest BCUT2D eigenvalue weighted by Gasteiger charge is -2.22. The summed E-state index contributed by atoms with van der Waals surface area (Å²) in [4.78, 5) is 15.7. The number of hydrogen-bond donors (Lipinski definition) is 1. The maximum atomic E-state index is 13.0. The molecule has 0 spiro atoms. The SMILES string of the molecule is O=C(CN1CCC[C@@H]1c1cccs1)Nc1ccc2c(c1)OC(F)(F)O2. The quantitative estimate of drug-likeness (QED) is 0.893. The van der Waals surface area contributed by atoms with Crippen LogP contribution in [-0.2, 0) is 4.79 Å². The molecular weight excluding hydrogens is 350 g/mol. The van der Waals surface area contributed by atoms with Crippen LogP contribution in [0.3, 0.4) is 0 Å². The molecule has 4 rings (SSSR count). The van der Waals surface area contributed by atoms with Crippen molar-refractivity contribution < 1.29 is 23.0 Å². The Morgan fingerprint density at radius 1 is 1.32 bits per heavy atom. The Morgan fingerprint density at radius 3 is 2.96 bits per heavy atom. The molecule has 25 heavy (non-hydrogen) atoms. The molecule has 0 aliphatic carbocycles. The molecule has 0 bridgehead atoms. The van der Waals surface area contributed by atoms with E-state index in [4.69, 9.17) is 0 Å². The zero-order valence-corrected chi connectivity index (χ0v) is 14.0. The molecule has 2 aliphatic heterocycles. The second-order valence-electron chi connectivity index (χ2n) is 6.02. The van der Waals surface area contributed by atoms with Crippen LogP contribution >= 0.6 is 11.3 Å². The third-order valence-electron chi connectivity index (χ3n) is 4.27. The van der Waals surface area contributed by atoms with E-state index < -0.39 is 6.29 Å². The molecule has 1 atom stereocenters. The molecule has 5 nitrogen and oxygen atoms in total. The summed E-state index contributed by atoms with van der Waals surface area (Å²) >= 11 is 1.69. The van der Waals surface area contributed by atoms with Gasteiger partial charge in [0.05, 0.1) is 6.54 Å². The fourth-order valence-corrected chi connectivity index (χ4v) is 4.13. The van der Waals surface area contributed by atoms with E-state index in [9.17, 15) is 13.6 Å². The van der Waals surface area contributed by atoms with E-state index in [0.717, 1.165) is 19.4 Å². The number of amides is 1. The Hall–Kier alpha value is -2.19. The van der Waals surface area contributed by atoms with Crippen LogP contribution in [-0.4, -0.2) is 30.2 Å². The highest BCUT2D eigenvalue weighted by Crippen LogP contribution is 2.42. The summed E-state index contributed by atoms with van der Waals surface area (Å²) in [6.07, 6.45) is -1.57. The minimum absolute atomic E-state index is 0.0414. The van der Waals surface area contributed by atoms with Crippen molar-refractivity contribution in [1.29, 1.82) is 0 Å². The van der Waals surface area contributed by atoms with Crippen LogP contribution in [0.5, 0.6) is 11.5 Å². The molecule has 8 heteroatoms. The fraction of sp³-hybridized carbons (Fsp3) is 0.353. The average Bonchev–Trinajstić information content (AvgIpc) is 3.24. The second kappa shape index (κ2) is 6.27. The van der Waals surface area contributed by atoms with Gasteiger partial charge in [0.15, 0.2) is 11.5 Å². The third-order valence-corrected chi connectivity index (χ3v) is 5.24. The van der Waals surface area contributed by atoms with Gasteiger partial charge in [0.2, 0.25) is 5.91 Å². The van der Waals surface area contributed by atoms with E-state index in [1.807, 2.05) is 11.4 Å². The van der Waals surface area contributed by atoms with Gasteiger partial charge in [0, 0.05) is 22.7 Å². The van der Waals surface area contributed by atoms with Gasteiger partial charge in [-0.25, -0.2) is 0 Å². The van der Waals surface area contributed by atoms with Crippen molar-refractivity contribution in [2.75, 3.05) is 18.4 Å². The van der Waals surface area contributed by atoms with Crippen LogP contribution in [0.15, 0.2) is 35.7 Å². The molecule has 2 aliphatic rings. The van der Waals surface area contributed by atoms with Gasteiger partial charge in [-0.15, -0.1) is 20.1 Å². The molecule has 1 amide bonds. The first-order valence-electron chi connectivity index (χ1n) is 7.97. The van der Waals surface area contributed by atoms with Gasteiger partial charge in [0.1, 0.15) is 0 Å². The van der Waals surface area contributed by atoms with E-state index in [-0.39, 0.29) is 30.0 Å². The standard InChI is InChI=1S/C17H16F2N2O3S/c18-17(19)23-13-6-5-11(9-14(13)24-17)20-16(22)10-21-7-1-3-12(21)15-4-2-8-25-15/h2,4-6,8-9,12H,1,3,7,10H2,(H,20,22)/t12-/m1/s1. The van der Waals surface area contributed by atoms with Gasteiger partial charge in [0.25, 0.3) is 0 Å². The molecule has 2 aromatic rings. The van der Waals surface area contributed by atoms with Crippen molar-refractivity contribution in [2.24, 2.45) is 0 Å². The van der Waals surface area contributed by atoms with Crippen LogP contribution in [0.4, 0.5) is 14.5 Å². The molecule has 1 N–H and O–H groups in total. The number of halogens is 2. The first-order chi connectivity index (χ1) is 12.0. The summed E-state index contributed by atoms with van der Waals surface area (Å²) in [6, 6.07) is 8.58. The van der Waals surface area contributed by atoms with Crippen LogP contribution < -0.4 is 14.8 Å². The van der Waals surface area contributed by atoms with Gasteiger partial charge in [-0.1, -0.05) is 6.07 Å². The molecule has 0 radical (unpaired) electrons. The lowest BCUT2D eigenvalue weighted by atomic mass is 10.2. The van der Waals surface area contributed by atoms with E-state index in [1.165, 1.54) is 23.1 Å². The van der Waals surface area contributed by atoms with Crippen LogP contribution in [0, 0.1) is 0 Å². The number of benzene rings is 1. The molecule has 1 saturated heterocycles. The van der Waals surface area contributed by atoms with E-state index in [2.05, 4.69) is 25.8 Å². The Kier molecular flexibility index (Phi) is 4.09. The predicted molar refractivity (Wildman–Crippen MR) is 89.1 cm³/mol. The van der Waals surface area contributed by atoms with Gasteiger partial charge < -0.3 is 14.8 Å². The van der Waals surface area contributed by atoms with Crippen molar-refractivity contribution in [1.82, 2.24) is 4.90 Å². The molecule has 3 heterocycles. The highest BCUT2D eigenvalue weighted by molar-refractivity contribution is 7.10. The molecule has 1 aromatic carbocycles. The van der Waals surface area contributed by atoms with Crippen molar-refractivity contribution in [2.45, 2.75) is 25.2 Å². The number of carbonyl (C=O) groups excluding carboxylic acids is 1. The Balaban J connectivity index is 1.40. The van der Waals surface area contributed by atoms with E-state index in [0.29, 0.717) is 5.69 Å². The molecule has 132 valence electrons. The highest BCUT2D eigenvalue weighted by Gasteiger charge is 2.43. The number of carbonyl (C=O) groups is 1. The van der Waals surface area contributed by atoms with Crippen molar-refractivity contribution >= 4 is 22.9 Å². The molecular formula is C17H16F2N2O3S. The van der Waals surface area contributed by atoms with Crippen LogP contribution in [0.2, 0.25) is 0 Å². The van der Waals surface area contributed by atoms with E-state index in [1.54, 1.807) is 11.3 Å². The fourth-order valence-electron chi connectivity index (χ4n) is 3.23. The number of alkyl halides is 2. The summed E-state index contributed by atoms with van der Waals surface area (Å²) in [5.74, 6) is -0.310. The van der Waals surface area contributed by atoms with Gasteiger partial charge in [-0.3, -0.25) is 9.69 Å². The van der Waals surface area contributed by atoms with Crippen molar-refractivity contribution in [3.05, 3.63) is 40.6 Å². The zero-order valence-electron chi connectivity index (χ0n) is 13.2. The zero-order chi connectivity index (χ0) is 17.4. The van der Waals surface area contributed by atoms with Gasteiger partial charge in [-0.05, 0) is 43.0 Å². The number of hydrogen-bond acceptors (Lipinski definition) is 5. The summed E-state index contributed by atoms with van der Waals surface area (Å²) in [7, 11) is 0.